The van der Waals surface area contributed by atoms with E-state index in [0.29, 0.717) is 0 Å². The van der Waals surface area contributed by atoms with E-state index in [2.05, 4.69) is 4.98 Å². The van der Waals surface area contributed by atoms with Crippen LogP contribution in [0.2, 0.25) is 0 Å². The van der Waals surface area contributed by atoms with Gasteiger partial charge in [0.05, 0.1) is 0 Å². The molecule has 0 atom stereocenters. The minimum Gasteiger partial charge on any atom is -0.408 e. The molecule has 0 saturated carbocycles. The van der Waals surface area contributed by atoms with E-state index in [0.717, 1.165) is 0 Å². The number of rotatable bonds is 2. The topological polar surface area (TPSA) is 65.5 Å². The molecule has 5 heteroatoms. The van der Waals surface area contributed by atoms with Gasteiger partial charge in [-0.1, -0.05) is 6.07 Å². The summed E-state index contributed by atoms with van der Waals surface area (Å²) in [5.41, 5.74) is 0. The Hall–Kier alpha value is -1.91. The van der Waals surface area contributed by atoms with Gasteiger partial charge in [0.25, 0.3) is 0 Å². The first-order chi connectivity index (χ1) is 6.58. The Morgan fingerprint density at radius 1 is 1.07 bits per heavy atom. The molecule has 0 unspecified atom stereocenters. The minimum atomic E-state index is -0.475. The quantitative estimate of drug-likeness (QED) is 0.657. The Bertz CT molecular complexity index is 330. The van der Waals surface area contributed by atoms with Gasteiger partial charge in [-0.15, -0.1) is 0 Å². The second kappa shape index (κ2) is 4.36. The van der Waals surface area contributed by atoms with Crippen molar-refractivity contribution in [3.8, 4) is 11.8 Å². The fourth-order valence-corrected chi connectivity index (χ4v) is 0.804. The van der Waals surface area contributed by atoms with Crippen LogP contribution in [0.3, 0.4) is 0 Å². The number of hydrogen-bond acceptors (Lipinski definition) is 5. The molecule has 1 aromatic heterocycles. The van der Waals surface area contributed by atoms with E-state index in [4.69, 9.17) is 9.47 Å². The van der Waals surface area contributed by atoms with Crippen molar-refractivity contribution in [1.29, 1.82) is 0 Å². The second-order valence-electron chi connectivity index (χ2n) is 2.50. The van der Waals surface area contributed by atoms with Crippen LogP contribution in [0, 0.1) is 0 Å². The third-order valence-electron chi connectivity index (χ3n) is 1.19. The van der Waals surface area contributed by atoms with E-state index in [1.165, 1.54) is 26.0 Å². The Morgan fingerprint density at radius 2 is 1.50 bits per heavy atom. The molecule has 74 valence electrons. The number of esters is 2. The van der Waals surface area contributed by atoms with Crippen LogP contribution in [-0.2, 0) is 9.59 Å². The zero-order valence-corrected chi connectivity index (χ0v) is 7.81. The van der Waals surface area contributed by atoms with Gasteiger partial charge in [0, 0.05) is 26.0 Å². The van der Waals surface area contributed by atoms with Crippen LogP contribution in [0.1, 0.15) is 13.8 Å². The van der Waals surface area contributed by atoms with Crippen LogP contribution in [-0.4, -0.2) is 16.9 Å². The highest BCUT2D eigenvalue weighted by Gasteiger charge is 2.03. The summed E-state index contributed by atoms with van der Waals surface area (Å²) in [5.74, 6) is -0.734. The number of nitrogens with zero attached hydrogens (tertiary/aromatic N) is 1. The zero-order chi connectivity index (χ0) is 10.6. The third-order valence-corrected chi connectivity index (χ3v) is 1.19. The zero-order valence-electron chi connectivity index (χ0n) is 7.81. The second-order valence-corrected chi connectivity index (χ2v) is 2.50. The summed E-state index contributed by atoms with van der Waals surface area (Å²) in [6, 6.07) is 4.56. The van der Waals surface area contributed by atoms with Crippen LogP contribution in [0.5, 0.6) is 11.8 Å². The minimum absolute atomic E-state index is 0.108. The number of carbonyl (C=O) groups is 2. The fraction of sp³-hybridized carbons (Fsp3) is 0.222. The normalized spacial score (nSPS) is 9.29. The van der Waals surface area contributed by atoms with Gasteiger partial charge in [0.2, 0.25) is 11.8 Å². The van der Waals surface area contributed by atoms with E-state index < -0.39 is 11.9 Å². The highest BCUT2D eigenvalue weighted by molar-refractivity contribution is 5.69. The van der Waals surface area contributed by atoms with E-state index >= 15 is 0 Å². The molecular formula is C9H9NO4. The highest BCUT2D eigenvalue weighted by atomic mass is 16.6. The maximum absolute atomic E-state index is 10.6. The summed E-state index contributed by atoms with van der Waals surface area (Å²) >= 11 is 0. The van der Waals surface area contributed by atoms with Gasteiger partial charge in [0.15, 0.2) is 0 Å². The van der Waals surface area contributed by atoms with Crippen molar-refractivity contribution in [2.75, 3.05) is 0 Å². The molecule has 14 heavy (non-hydrogen) atoms. The largest absolute Gasteiger partial charge is 0.408 e. The van der Waals surface area contributed by atoms with E-state index in [9.17, 15) is 9.59 Å². The smallest absolute Gasteiger partial charge is 0.309 e. The SMILES string of the molecule is CC(=O)Oc1cccc(OC(C)=O)n1. The van der Waals surface area contributed by atoms with Gasteiger partial charge in [-0.05, 0) is 0 Å². The summed E-state index contributed by atoms with van der Waals surface area (Å²) in [5, 5.41) is 0. The molecule has 0 aromatic carbocycles. The van der Waals surface area contributed by atoms with Crippen molar-refractivity contribution in [3.05, 3.63) is 18.2 Å². The first-order valence-corrected chi connectivity index (χ1v) is 3.92. The van der Waals surface area contributed by atoms with Gasteiger partial charge in [-0.3, -0.25) is 9.59 Å². The van der Waals surface area contributed by atoms with Crippen molar-refractivity contribution in [3.63, 3.8) is 0 Å². The highest BCUT2D eigenvalue weighted by Crippen LogP contribution is 2.13. The Balaban J connectivity index is 2.78. The Morgan fingerprint density at radius 3 is 1.86 bits per heavy atom. The molecule has 1 heterocycles. The Kier molecular flexibility index (Phi) is 3.17. The Labute approximate surface area is 80.7 Å². The number of aromatic nitrogens is 1. The molecular weight excluding hydrogens is 186 g/mol. The lowest BCUT2D eigenvalue weighted by Crippen LogP contribution is -2.06. The molecule has 0 aliphatic heterocycles. The standard InChI is InChI=1S/C9H9NO4/c1-6(11)13-8-4-3-5-9(10-8)14-7(2)12/h3-5H,1-2H3. The molecule has 0 saturated heterocycles. The molecule has 0 fully saturated rings. The van der Waals surface area contributed by atoms with Crippen molar-refractivity contribution in [1.82, 2.24) is 4.98 Å². The number of hydrogen-bond donors (Lipinski definition) is 0. The maximum Gasteiger partial charge on any atom is 0.309 e. The lowest BCUT2D eigenvalue weighted by Gasteiger charge is -2.02. The summed E-state index contributed by atoms with van der Waals surface area (Å²) in [6.07, 6.45) is 0. The van der Waals surface area contributed by atoms with Crippen LogP contribution < -0.4 is 9.47 Å². The molecule has 0 aliphatic rings. The molecule has 1 rings (SSSR count). The van der Waals surface area contributed by atoms with Gasteiger partial charge in [-0.25, -0.2) is 0 Å². The van der Waals surface area contributed by atoms with Crippen molar-refractivity contribution < 1.29 is 19.1 Å². The first kappa shape index (κ1) is 10.2. The van der Waals surface area contributed by atoms with Crippen LogP contribution in [0.15, 0.2) is 18.2 Å². The number of pyridine rings is 1. The van der Waals surface area contributed by atoms with Crippen LogP contribution in [0.4, 0.5) is 0 Å². The lowest BCUT2D eigenvalue weighted by atomic mass is 10.5. The van der Waals surface area contributed by atoms with Gasteiger partial charge < -0.3 is 9.47 Å². The predicted octanol–water partition coefficient (Wildman–Crippen LogP) is 0.932. The fourth-order valence-electron chi connectivity index (χ4n) is 0.804. The molecule has 0 amide bonds. The van der Waals surface area contributed by atoms with Crippen LogP contribution >= 0.6 is 0 Å². The molecule has 0 bridgehead atoms. The van der Waals surface area contributed by atoms with Crippen molar-refractivity contribution in [2.24, 2.45) is 0 Å². The van der Waals surface area contributed by atoms with Crippen molar-refractivity contribution in [2.45, 2.75) is 13.8 Å². The average molecular weight is 195 g/mol. The average Bonchev–Trinajstić information content (AvgIpc) is 2.01. The monoisotopic (exact) mass is 195 g/mol. The summed E-state index contributed by atoms with van der Waals surface area (Å²) in [4.78, 5) is 24.9. The van der Waals surface area contributed by atoms with Gasteiger partial charge >= 0.3 is 11.9 Å². The number of ether oxygens (including phenoxy) is 2. The third kappa shape index (κ3) is 3.22. The van der Waals surface area contributed by atoms with E-state index in [-0.39, 0.29) is 11.8 Å². The van der Waals surface area contributed by atoms with E-state index in [1.54, 1.807) is 6.07 Å². The lowest BCUT2D eigenvalue weighted by molar-refractivity contribution is -0.132. The molecule has 5 nitrogen and oxygen atoms in total. The first-order valence-electron chi connectivity index (χ1n) is 3.92. The molecule has 0 spiro atoms. The number of carbonyl (C=O) groups excluding carboxylic acids is 2. The van der Waals surface area contributed by atoms with Crippen molar-refractivity contribution >= 4 is 11.9 Å². The molecule has 0 radical (unpaired) electrons. The molecule has 0 N–H and O–H groups in total. The van der Waals surface area contributed by atoms with Gasteiger partial charge in [-0.2, -0.15) is 4.98 Å². The molecule has 1 aromatic rings. The van der Waals surface area contributed by atoms with E-state index in [1.807, 2.05) is 0 Å². The van der Waals surface area contributed by atoms with Gasteiger partial charge in [0.1, 0.15) is 0 Å². The maximum atomic E-state index is 10.6. The summed E-state index contributed by atoms with van der Waals surface area (Å²) in [6.45, 7) is 2.53. The molecule has 0 aliphatic carbocycles. The summed E-state index contributed by atoms with van der Waals surface area (Å²) in [7, 11) is 0. The summed E-state index contributed by atoms with van der Waals surface area (Å²) < 4.78 is 9.39. The predicted molar refractivity (Wildman–Crippen MR) is 46.9 cm³/mol. The van der Waals surface area contributed by atoms with Crippen LogP contribution in [0.25, 0.3) is 0 Å².